The summed E-state index contributed by atoms with van der Waals surface area (Å²) in [6.07, 6.45) is 8.63. The smallest absolute Gasteiger partial charge is 0.231 e. The van der Waals surface area contributed by atoms with Crippen LogP contribution in [-0.2, 0) is 6.54 Å². The van der Waals surface area contributed by atoms with Gasteiger partial charge in [-0.05, 0) is 44.7 Å². The molecule has 1 aliphatic carbocycles. The Hall–Kier alpha value is -1.68. The predicted octanol–water partition coefficient (Wildman–Crippen LogP) is 3.10. The van der Waals surface area contributed by atoms with Crippen LogP contribution in [0.1, 0.15) is 37.7 Å². The molecule has 4 heteroatoms. The molecule has 3 rings (SSSR count). The summed E-state index contributed by atoms with van der Waals surface area (Å²) >= 11 is 0. The molecule has 1 aromatic rings. The molecule has 0 aromatic heterocycles. The van der Waals surface area contributed by atoms with Gasteiger partial charge in [0.25, 0.3) is 0 Å². The molecule has 0 unspecified atom stereocenters. The van der Waals surface area contributed by atoms with Crippen molar-refractivity contribution in [3.05, 3.63) is 29.3 Å². The van der Waals surface area contributed by atoms with Gasteiger partial charge in [-0.15, -0.1) is 0 Å². The summed E-state index contributed by atoms with van der Waals surface area (Å²) < 4.78 is 10.6. The standard InChI is InChI=1S/C16H21NO3/c18-14-9-16-15(19-11-20-16)8-13(14)10-17-7-6-12-4-2-1-3-5-12/h4,8-9,17-18H,1-3,5-7,10-11H2. The SMILES string of the molecule is Oc1cc2c(cc1CNCCC1=CCCCC1)OCO2. The number of nitrogens with one attached hydrogen (secondary N) is 1. The molecule has 0 bridgehead atoms. The van der Waals surface area contributed by atoms with Gasteiger partial charge in [-0.3, -0.25) is 0 Å². The Bertz CT molecular complexity index is 511. The van der Waals surface area contributed by atoms with E-state index in [0.29, 0.717) is 12.3 Å². The summed E-state index contributed by atoms with van der Waals surface area (Å²) in [4.78, 5) is 0. The van der Waals surface area contributed by atoms with Crippen LogP contribution in [0, 0.1) is 0 Å². The fraction of sp³-hybridized carbons (Fsp3) is 0.500. The van der Waals surface area contributed by atoms with Gasteiger partial charge < -0.3 is 19.9 Å². The minimum absolute atomic E-state index is 0.236. The maximum Gasteiger partial charge on any atom is 0.231 e. The number of allylic oxidation sites excluding steroid dienone is 1. The molecular weight excluding hydrogens is 254 g/mol. The second kappa shape index (κ2) is 6.18. The van der Waals surface area contributed by atoms with Crippen LogP contribution in [0.3, 0.4) is 0 Å². The Labute approximate surface area is 119 Å². The largest absolute Gasteiger partial charge is 0.507 e. The Morgan fingerprint density at radius 1 is 1.15 bits per heavy atom. The molecule has 1 aromatic carbocycles. The third-order valence-electron chi connectivity index (χ3n) is 3.90. The first-order chi connectivity index (χ1) is 9.83. The fourth-order valence-corrected chi connectivity index (χ4v) is 2.72. The molecule has 0 saturated carbocycles. The number of fused-ring (bicyclic) bond motifs is 1. The number of benzene rings is 1. The van der Waals surface area contributed by atoms with E-state index in [1.54, 1.807) is 11.6 Å². The van der Waals surface area contributed by atoms with Crippen molar-refractivity contribution >= 4 is 0 Å². The zero-order chi connectivity index (χ0) is 13.8. The Balaban J connectivity index is 1.50. The van der Waals surface area contributed by atoms with Crippen LogP contribution < -0.4 is 14.8 Å². The fourth-order valence-electron chi connectivity index (χ4n) is 2.72. The van der Waals surface area contributed by atoms with Gasteiger partial charge in [-0.25, -0.2) is 0 Å². The average Bonchev–Trinajstić information content (AvgIpc) is 2.91. The highest BCUT2D eigenvalue weighted by atomic mass is 16.7. The number of hydrogen-bond donors (Lipinski definition) is 2. The van der Waals surface area contributed by atoms with E-state index in [0.717, 1.165) is 24.3 Å². The quantitative estimate of drug-likeness (QED) is 0.640. The third-order valence-corrected chi connectivity index (χ3v) is 3.90. The first-order valence-electron chi connectivity index (χ1n) is 7.33. The van der Waals surface area contributed by atoms with Gasteiger partial charge in [-0.2, -0.15) is 0 Å². The van der Waals surface area contributed by atoms with Crippen LogP contribution >= 0.6 is 0 Å². The van der Waals surface area contributed by atoms with Gasteiger partial charge in [0.2, 0.25) is 6.79 Å². The van der Waals surface area contributed by atoms with Gasteiger partial charge in [0, 0.05) is 18.2 Å². The first-order valence-corrected chi connectivity index (χ1v) is 7.33. The molecule has 1 aliphatic heterocycles. The maximum atomic E-state index is 9.94. The number of phenolic OH excluding ortho intramolecular Hbond substituents is 1. The summed E-state index contributed by atoms with van der Waals surface area (Å²) in [6, 6.07) is 3.48. The monoisotopic (exact) mass is 275 g/mol. The summed E-state index contributed by atoms with van der Waals surface area (Å²) in [5.74, 6) is 1.60. The Morgan fingerprint density at radius 2 is 2.00 bits per heavy atom. The Kier molecular flexibility index (Phi) is 4.11. The number of hydrogen-bond acceptors (Lipinski definition) is 4. The first kappa shape index (κ1) is 13.3. The molecule has 0 amide bonds. The molecule has 0 spiro atoms. The molecule has 2 aliphatic rings. The summed E-state index contributed by atoms with van der Waals surface area (Å²) in [5, 5.41) is 13.3. The highest BCUT2D eigenvalue weighted by Gasteiger charge is 2.16. The lowest BCUT2D eigenvalue weighted by Crippen LogP contribution is -2.15. The number of rotatable bonds is 5. The van der Waals surface area contributed by atoms with E-state index in [9.17, 15) is 5.11 Å². The number of phenols is 1. The van der Waals surface area contributed by atoms with Crippen molar-refractivity contribution in [1.29, 1.82) is 0 Å². The lowest BCUT2D eigenvalue weighted by atomic mass is 9.97. The number of aromatic hydroxyl groups is 1. The molecule has 0 atom stereocenters. The predicted molar refractivity (Wildman–Crippen MR) is 77.1 cm³/mol. The van der Waals surface area contributed by atoms with E-state index in [1.807, 2.05) is 6.07 Å². The van der Waals surface area contributed by atoms with Crippen LogP contribution in [0.4, 0.5) is 0 Å². The van der Waals surface area contributed by atoms with Crippen molar-refractivity contribution in [2.75, 3.05) is 13.3 Å². The van der Waals surface area contributed by atoms with Gasteiger partial charge in [0.05, 0.1) is 0 Å². The molecule has 0 saturated heterocycles. The third kappa shape index (κ3) is 3.07. The molecule has 0 fully saturated rings. The lowest BCUT2D eigenvalue weighted by Gasteiger charge is -2.13. The zero-order valence-corrected chi connectivity index (χ0v) is 11.7. The maximum absolute atomic E-state index is 9.94. The molecule has 20 heavy (non-hydrogen) atoms. The topological polar surface area (TPSA) is 50.7 Å². The molecule has 2 N–H and O–H groups in total. The van der Waals surface area contributed by atoms with Crippen molar-refractivity contribution in [3.63, 3.8) is 0 Å². The second-order valence-electron chi connectivity index (χ2n) is 5.37. The molecule has 4 nitrogen and oxygen atoms in total. The van der Waals surface area contributed by atoms with E-state index in [2.05, 4.69) is 11.4 Å². The van der Waals surface area contributed by atoms with Crippen LogP contribution in [0.5, 0.6) is 17.2 Å². The number of ether oxygens (including phenoxy) is 2. The van der Waals surface area contributed by atoms with Crippen LogP contribution in [0.25, 0.3) is 0 Å². The van der Waals surface area contributed by atoms with Gasteiger partial charge in [-0.1, -0.05) is 11.6 Å². The molecular formula is C16H21NO3. The normalized spacial score (nSPS) is 17.1. The van der Waals surface area contributed by atoms with Crippen molar-refractivity contribution in [3.8, 4) is 17.2 Å². The van der Waals surface area contributed by atoms with Crippen LogP contribution in [0.2, 0.25) is 0 Å². The van der Waals surface area contributed by atoms with Crippen molar-refractivity contribution in [2.45, 2.75) is 38.6 Å². The molecule has 0 radical (unpaired) electrons. The molecule has 108 valence electrons. The average molecular weight is 275 g/mol. The van der Waals surface area contributed by atoms with Gasteiger partial charge >= 0.3 is 0 Å². The van der Waals surface area contributed by atoms with E-state index >= 15 is 0 Å². The van der Waals surface area contributed by atoms with E-state index in [1.165, 1.54) is 25.7 Å². The minimum atomic E-state index is 0.236. The van der Waals surface area contributed by atoms with Crippen LogP contribution in [0.15, 0.2) is 23.8 Å². The zero-order valence-electron chi connectivity index (χ0n) is 11.7. The summed E-state index contributed by atoms with van der Waals surface area (Å²) in [7, 11) is 0. The lowest BCUT2D eigenvalue weighted by molar-refractivity contribution is 0.174. The molecule has 1 heterocycles. The minimum Gasteiger partial charge on any atom is -0.507 e. The summed E-state index contributed by atoms with van der Waals surface area (Å²) in [6.45, 7) is 1.83. The van der Waals surface area contributed by atoms with Crippen LogP contribution in [-0.4, -0.2) is 18.4 Å². The highest BCUT2D eigenvalue weighted by Crippen LogP contribution is 2.37. The Morgan fingerprint density at radius 3 is 2.80 bits per heavy atom. The highest BCUT2D eigenvalue weighted by molar-refractivity contribution is 5.51. The van der Waals surface area contributed by atoms with Crippen molar-refractivity contribution in [1.82, 2.24) is 5.32 Å². The van der Waals surface area contributed by atoms with Gasteiger partial charge in [0.1, 0.15) is 5.75 Å². The second-order valence-corrected chi connectivity index (χ2v) is 5.37. The van der Waals surface area contributed by atoms with E-state index in [4.69, 9.17) is 9.47 Å². The van der Waals surface area contributed by atoms with E-state index < -0.39 is 0 Å². The van der Waals surface area contributed by atoms with E-state index in [-0.39, 0.29) is 12.5 Å². The summed E-state index contributed by atoms with van der Waals surface area (Å²) in [5.41, 5.74) is 2.42. The van der Waals surface area contributed by atoms with Gasteiger partial charge in [0.15, 0.2) is 11.5 Å². The van der Waals surface area contributed by atoms with Crippen molar-refractivity contribution < 1.29 is 14.6 Å². The van der Waals surface area contributed by atoms with Crippen molar-refractivity contribution in [2.24, 2.45) is 0 Å².